The Balaban J connectivity index is 2.68. The van der Waals surface area contributed by atoms with Crippen LogP contribution in [-0.4, -0.2) is 22.7 Å². The van der Waals surface area contributed by atoms with Crippen LogP contribution in [0.2, 0.25) is 0 Å². The van der Waals surface area contributed by atoms with E-state index in [1.807, 2.05) is 6.21 Å². The van der Waals surface area contributed by atoms with Gasteiger partial charge in [-0.1, -0.05) is 0 Å². The highest BCUT2D eigenvalue weighted by Crippen LogP contribution is 2.32. The van der Waals surface area contributed by atoms with Crippen LogP contribution < -0.4 is 0 Å². The van der Waals surface area contributed by atoms with Crippen LogP contribution in [0.1, 0.15) is 13.8 Å². The maximum atomic E-state index is 8.76. The molecule has 0 aromatic carbocycles. The van der Waals surface area contributed by atoms with E-state index >= 15 is 0 Å². The SMILES string of the molecule is CC1(C)C=NC=C(CO)S1. The van der Waals surface area contributed by atoms with Crippen LogP contribution in [0.25, 0.3) is 0 Å². The third-order valence-corrected chi connectivity index (χ3v) is 2.28. The number of hydrogen-bond donors (Lipinski definition) is 1. The van der Waals surface area contributed by atoms with E-state index < -0.39 is 0 Å². The van der Waals surface area contributed by atoms with E-state index in [9.17, 15) is 0 Å². The van der Waals surface area contributed by atoms with Crippen LogP contribution in [0.15, 0.2) is 16.1 Å². The first-order chi connectivity index (χ1) is 4.64. The van der Waals surface area contributed by atoms with Gasteiger partial charge in [-0.05, 0) is 13.8 Å². The Labute approximate surface area is 65.0 Å². The molecule has 0 fully saturated rings. The molecule has 0 aromatic rings. The van der Waals surface area contributed by atoms with Gasteiger partial charge in [-0.15, -0.1) is 11.8 Å². The Morgan fingerprint density at radius 3 is 2.80 bits per heavy atom. The minimum atomic E-state index is 0.0484. The number of aliphatic hydroxyl groups excluding tert-OH is 1. The van der Waals surface area contributed by atoms with Crippen molar-refractivity contribution in [3.63, 3.8) is 0 Å². The van der Waals surface area contributed by atoms with Gasteiger partial charge in [0.1, 0.15) is 0 Å². The number of hydrogen-bond acceptors (Lipinski definition) is 3. The molecular formula is C7H11NOS. The van der Waals surface area contributed by atoms with Gasteiger partial charge < -0.3 is 5.11 Å². The van der Waals surface area contributed by atoms with Crippen molar-refractivity contribution < 1.29 is 5.11 Å². The molecule has 10 heavy (non-hydrogen) atoms. The second-order valence-corrected chi connectivity index (χ2v) is 4.52. The van der Waals surface area contributed by atoms with Crippen LogP contribution >= 0.6 is 11.8 Å². The molecule has 0 aromatic heterocycles. The van der Waals surface area contributed by atoms with Crippen LogP contribution in [0.4, 0.5) is 0 Å². The van der Waals surface area contributed by atoms with E-state index in [0.29, 0.717) is 0 Å². The quantitative estimate of drug-likeness (QED) is 0.624. The molecule has 0 bridgehead atoms. The standard InChI is InChI=1S/C7H11NOS/c1-7(2)5-8-3-6(4-9)10-7/h3,5,9H,4H2,1-2H3. The van der Waals surface area contributed by atoms with E-state index in [1.165, 1.54) is 0 Å². The van der Waals surface area contributed by atoms with Crippen molar-refractivity contribution in [2.45, 2.75) is 18.6 Å². The maximum Gasteiger partial charge on any atom is 0.0756 e. The molecule has 1 N–H and O–H groups in total. The zero-order chi connectivity index (χ0) is 7.61. The molecule has 56 valence electrons. The summed E-state index contributed by atoms with van der Waals surface area (Å²) in [6.45, 7) is 4.25. The maximum absolute atomic E-state index is 8.76. The molecule has 1 aliphatic heterocycles. The molecule has 0 atom stereocenters. The lowest BCUT2D eigenvalue weighted by molar-refractivity contribution is 0.339. The van der Waals surface area contributed by atoms with E-state index in [0.717, 1.165) is 4.91 Å². The molecule has 0 aliphatic carbocycles. The third-order valence-electron chi connectivity index (χ3n) is 1.15. The summed E-state index contributed by atoms with van der Waals surface area (Å²) in [6, 6.07) is 0. The topological polar surface area (TPSA) is 32.6 Å². The monoisotopic (exact) mass is 157 g/mol. The van der Waals surface area contributed by atoms with Crippen molar-refractivity contribution in [1.29, 1.82) is 0 Å². The molecule has 3 heteroatoms. The number of rotatable bonds is 1. The minimum Gasteiger partial charge on any atom is -0.391 e. The summed E-state index contributed by atoms with van der Waals surface area (Å²) in [7, 11) is 0. The van der Waals surface area contributed by atoms with Gasteiger partial charge in [0.15, 0.2) is 0 Å². The van der Waals surface area contributed by atoms with Crippen molar-refractivity contribution in [1.82, 2.24) is 0 Å². The molecule has 0 amide bonds. The molecule has 0 radical (unpaired) electrons. The van der Waals surface area contributed by atoms with Gasteiger partial charge >= 0.3 is 0 Å². The van der Waals surface area contributed by atoms with E-state index in [4.69, 9.17) is 5.11 Å². The van der Waals surface area contributed by atoms with Gasteiger partial charge in [-0.25, -0.2) is 0 Å². The lowest BCUT2D eigenvalue weighted by atomic mass is 10.2. The Morgan fingerprint density at radius 2 is 2.40 bits per heavy atom. The molecule has 0 saturated heterocycles. The van der Waals surface area contributed by atoms with Crippen LogP contribution in [0, 0.1) is 0 Å². The number of nitrogens with zero attached hydrogens (tertiary/aromatic N) is 1. The Bertz CT molecular complexity index is 184. The fourth-order valence-electron chi connectivity index (χ4n) is 0.764. The fraction of sp³-hybridized carbons (Fsp3) is 0.571. The number of aliphatic imine (C=N–C) groups is 1. The number of thioether (sulfide) groups is 1. The summed E-state index contributed by atoms with van der Waals surface area (Å²) in [6.07, 6.45) is 3.59. The van der Waals surface area contributed by atoms with Crippen molar-refractivity contribution in [3.05, 3.63) is 11.1 Å². The van der Waals surface area contributed by atoms with Gasteiger partial charge in [-0.2, -0.15) is 0 Å². The zero-order valence-electron chi connectivity index (χ0n) is 6.16. The van der Waals surface area contributed by atoms with Gasteiger partial charge in [0.25, 0.3) is 0 Å². The lowest BCUT2D eigenvalue weighted by Gasteiger charge is -2.21. The van der Waals surface area contributed by atoms with E-state index in [-0.39, 0.29) is 11.4 Å². The first-order valence-electron chi connectivity index (χ1n) is 3.17. The molecule has 0 unspecified atom stereocenters. The average molecular weight is 157 g/mol. The summed E-state index contributed by atoms with van der Waals surface area (Å²) in [5.74, 6) is 0. The first kappa shape index (κ1) is 7.82. The highest BCUT2D eigenvalue weighted by atomic mass is 32.2. The highest BCUT2D eigenvalue weighted by molar-refractivity contribution is 8.05. The first-order valence-corrected chi connectivity index (χ1v) is 3.99. The molecule has 0 spiro atoms. The summed E-state index contributed by atoms with van der Waals surface area (Å²) < 4.78 is 0.0484. The molecule has 2 nitrogen and oxygen atoms in total. The van der Waals surface area contributed by atoms with Crippen LogP contribution in [0.3, 0.4) is 0 Å². The largest absolute Gasteiger partial charge is 0.391 e. The van der Waals surface area contributed by atoms with Crippen molar-refractivity contribution in [2.75, 3.05) is 6.61 Å². The van der Waals surface area contributed by atoms with E-state index in [1.54, 1.807) is 18.0 Å². The van der Waals surface area contributed by atoms with Crippen molar-refractivity contribution in [3.8, 4) is 0 Å². The Hall–Kier alpha value is -0.280. The average Bonchev–Trinajstić information content (AvgIpc) is 1.86. The number of aliphatic hydroxyl groups is 1. The van der Waals surface area contributed by atoms with Crippen molar-refractivity contribution >= 4 is 18.0 Å². The smallest absolute Gasteiger partial charge is 0.0756 e. The Kier molecular flexibility index (Phi) is 2.16. The van der Waals surface area contributed by atoms with Gasteiger partial charge in [0, 0.05) is 22.1 Å². The minimum absolute atomic E-state index is 0.0484. The highest BCUT2D eigenvalue weighted by Gasteiger charge is 2.19. The molecule has 1 aliphatic rings. The predicted octanol–water partition coefficient (Wildman–Crippen LogP) is 1.42. The predicted molar refractivity (Wildman–Crippen MR) is 45.3 cm³/mol. The van der Waals surface area contributed by atoms with Gasteiger partial charge in [0.05, 0.1) is 6.61 Å². The summed E-state index contributed by atoms with van der Waals surface area (Å²) in [5, 5.41) is 8.76. The molecular weight excluding hydrogens is 146 g/mol. The summed E-state index contributed by atoms with van der Waals surface area (Å²) in [5.41, 5.74) is 0. The van der Waals surface area contributed by atoms with E-state index in [2.05, 4.69) is 18.8 Å². The van der Waals surface area contributed by atoms with Crippen molar-refractivity contribution in [2.24, 2.45) is 4.99 Å². The van der Waals surface area contributed by atoms with Gasteiger partial charge in [0.2, 0.25) is 0 Å². The van der Waals surface area contributed by atoms with Gasteiger partial charge in [-0.3, -0.25) is 4.99 Å². The summed E-state index contributed by atoms with van der Waals surface area (Å²) in [4.78, 5) is 4.95. The second kappa shape index (κ2) is 2.76. The fourth-order valence-corrected chi connectivity index (χ4v) is 1.73. The zero-order valence-corrected chi connectivity index (χ0v) is 6.98. The normalized spacial score (nSPS) is 22.5. The lowest BCUT2D eigenvalue weighted by Crippen LogP contribution is -2.19. The summed E-state index contributed by atoms with van der Waals surface area (Å²) >= 11 is 1.65. The molecule has 1 rings (SSSR count). The third kappa shape index (κ3) is 1.85. The van der Waals surface area contributed by atoms with Crippen LogP contribution in [-0.2, 0) is 0 Å². The molecule has 0 saturated carbocycles. The van der Waals surface area contributed by atoms with Crippen LogP contribution in [0.5, 0.6) is 0 Å². The Morgan fingerprint density at radius 1 is 1.70 bits per heavy atom. The second-order valence-electron chi connectivity index (χ2n) is 2.74. The molecule has 1 heterocycles.